The summed E-state index contributed by atoms with van der Waals surface area (Å²) in [6, 6.07) is 3.08. The molecule has 0 fully saturated rings. The van der Waals surface area contributed by atoms with Crippen LogP contribution in [0.15, 0.2) is 12.1 Å². The molecule has 1 amide bonds. The molecule has 0 saturated heterocycles. The summed E-state index contributed by atoms with van der Waals surface area (Å²) in [5.74, 6) is -0.777. The number of rotatable bonds is 3. The normalized spacial score (nSPS) is 9.88. The molecule has 0 aromatic carbocycles. The van der Waals surface area contributed by atoms with E-state index in [2.05, 4.69) is 9.72 Å². The summed E-state index contributed by atoms with van der Waals surface area (Å²) in [6.07, 6.45) is 0. The zero-order chi connectivity index (χ0) is 13.0. The average Bonchev–Trinajstić information content (AvgIpc) is 2.26. The Balaban J connectivity index is 2.85. The molecule has 17 heavy (non-hydrogen) atoms. The van der Waals surface area contributed by atoms with Crippen LogP contribution in [0.3, 0.4) is 0 Å². The van der Waals surface area contributed by atoms with E-state index < -0.39 is 5.97 Å². The molecule has 0 radical (unpaired) electrons. The Labute approximate surface area is 104 Å². The first-order valence-corrected chi connectivity index (χ1v) is 5.28. The van der Waals surface area contributed by atoms with E-state index in [4.69, 9.17) is 11.6 Å². The van der Waals surface area contributed by atoms with Crippen LogP contribution < -0.4 is 0 Å². The second-order valence-corrected chi connectivity index (χ2v) is 3.94. The van der Waals surface area contributed by atoms with Crippen LogP contribution in [0.25, 0.3) is 0 Å². The highest BCUT2D eigenvalue weighted by Crippen LogP contribution is 2.12. The molecule has 0 unspecified atom stereocenters. The summed E-state index contributed by atoms with van der Waals surface area (Å²) in [6.45, 7) is 1.64. The van der Waals surface area contributed by atoms with Gasteiger partial charge in [0.05, 0.1) is 7.11 Å². The van der Waals surface area contributed by atoms with E-state index in [-0.39, 0.29) is 17.6 Å². The molecule has 0 aliphatic rings. The van der Waals surface area contributed by atoms with E-state index in [0.717, 1.165) is 0 Å². The second-order valence-electron chi connectivity index (χ2n) is 3.56. The SMILES string of the molecule is COC(=O)CN(C)C(=O)c1cc(C)nc(Cl)c1. The molecule has 5 nitrogen and oxygen atoms in total. The third-order valence-corrected chi connectivity index (χ3v) is 2.30. The Morgan fingerprint density at radius 2 is 2.12 bits per heavy atom. The molecule has 6 heteroatoms. The fourth-order valence-corrected chi connectivity index (χ4v) is 1.55. The molecule has 1 aromatic heterocycles. The van der Waals surface area contributed by atoms with Crippen molar-refractivity contribution in [3.05, 3.63) is 28.5 Å². The fraction of sp³-hybridized carbons (Fsp3) is 0.364. The Bertz CT molecular complexity index is 428. The summed E-state index contributed by atoms with van der Waals surface area (Å²) < 4.78 is 4.48. The van der Waals surface area contributed by atoms with E-state index in [1.54, 1.807) is 13.0 Å². The van der Waals surface area contributed by atoms with Gasteiger partial charge in [0.1, 0.15) is 11.7 Å². The van der Waals surface area contributed by atoms with Gasteiger partial charge in [0.25, 0.3) is 5.91 Å². The number of carbonyl (C=O) groups is 2. The minimum absolute atomic E-state index is 0.103. The van der Waals surface area contributed by atoms with Gasteiger partial charge in [-0.2, -0.15) is 0 Å². The first-order valence-electron chi connectivity index (χ1n) is 4.90. The summed E-state index contributed by atoms with van der Waals surface area (Å²) in [5, 5.41) is 0.250. The van der Waals surface area contributed by atoms with Crippen molar-refractivity contribution in [2.75, 3.05) is 20.7 Å². The second kappa shape index (κ2) is 5.63. The van der Waals surface area contributed by atoms with Gasteiger partial charge in [-0.05, 0) is 19.1 Å². The number of likely N-dealkylation sites (N-methyl/N-ethyl adjacent to an activating group) is 1. The van der Waals surface area contributed by atoms with Crippen molar-refractivity contribution in [3.63, 3.8) is 0 Å². The molecule has 0 saturated carbocycles. The largest absolute Gasteiger partial charge is 0.468 e. The lowest BCUT2D eigenvalue weighted by Gasteiger charge is -2.15. The molecule has 0 spiro atoms. The lowest BCUT2D eigenvalue weighted by atomic mass is 10.2. The van der Waals surface area contributed by atoms with Gasteiger partial charge in [0.2, 0.25) is 0 Å². The van der Waals surface area contributed by atoms with Crippen molar-refractivity contribution < 1.29 is 14.3 Å². The first kappa shape index (κ1) is 13.4. The van der Waals surface area contributed by atoms with E-state index in [0.29, 0.717) is 11.3 Å². The number of hydrogen-bond donors (Lipinski definition) is 0. The van der Waals surface area contributed by atoms with Crippen molar-refractivity contribution in [2.24, 2.45) is 0 Å². The molecule has 0 aliphatic heterocycles. The number of halogens is 1. The van der Waals surface area contributed by atoms with Gasteiger partial charge in [0.15, 0.2) is 0 Å². The maximum atomic E-state index is 11.9. The maximum absolute atomic E-state index is 11.9. The number of ether oxygens (including phenoxy) is 1. The highest BCUT2D eigenvalue weighted by molar-refractivity contribution is 6.29. The lowest BCUT2D eigenvalue weighted by molar-refractivity contribution is -0.141. The van der Waals surface area contributed by atoms with Crippen LogP contribution in [-0.2, 0) is 9.53 Å². The molecule has 0 N–H and O–H groups in total. The van der Waals surface area contributed by atoms with Crippen molar-refractivity contribution in [1.82, 2.24) is 9.88 Å². The Morgan fingerprint density at radius 3 is 2.65 bits per heavy atom. The molecule has 1 rings (SSSR count). The van der Waals surface area contributed by atoms with E-state index in [1.807, 2.05) is 0 Å². The van der Waals surface area contributed by atoms with Crippen molar-refractivity contribution in [1.29, 1.82) is 0 Å². The number of hydrogen-bond acceptors (Lipinski definition) is 4. The number of pyridine rings is 1. The van der Waals surface area contributed by atoms with Gasteiger partial charge in [0, 0.05) is 18.3 Å². The van der Waals surface area contributed by atoms with Gasteiger partial charge in [-0.3, -0.25) is 9.59 Å². The molecule has 0 atom stereocenters. The minimum Gasteiger partial charge on any atom is -0.468 e. The summed E-state index contributed by atoms with van der Waals surface area (Å²) in [5.41, 5.74) is 1.04. The Kier molecular flexibility index (Phi) is 4.45. The highest BCUT2D eigenvalue weighted by Gasteiger charge is 2.16. The number of aryl methyl sites for hydroxylation is 1. The van der Waals surface area contributed by atoms with E-state index >= 15 is 0 Å². The average molecular weight is 257 g/mol. The van der Waals surface area contributed by atoms with Crippen LogP contribution in [0.4, 0.5) is 0 Å². The maximum Gasteiger partial charge on any atom is 0.325 e. The molecule has 0 bridgehead atoms. The third kappa shape index (κ3) is 3.71. The monoisotopic (exact) mass is 256 g/mol. The van der Waals surface area contributed by atoms with E-state index in [1.165, 1.54) is 25.1 Å². The zero-order valence-corrected chi connectivity index (χ0v) is 10.6. The predicted molar refractivity (Wildman–Crippen MR) is 63.0 cm³/mol. The summed E-state index contributed by atoms with van der Waals surface area (Å²) >= 11 is 5.76. The molecule has 0 aliphatic carbocycles. The van der Waals surface area contributed by atoms with Gasteiger partial charge in [-0.15, -0.1) is 0 Å². The number of nitrogens with zero attached hydrogens (tertiary/aromatic N) is 2. The van der Waals surface area contributed by atoms with Crippen LogP contribution in [0, 0.1) is 6.92 Å². The predicted octanol–water partition coefficient (Wildman–Crippen LogP) is 1.29. The molecular formula is C11H13ClN2O3. The fourth-order valence-electron chi connectivity index (χ4n) is 1.30. The quantitative estimate of drug-likeness (QED) is 0.604. The van der Waals surface area contributed by atoms with Gasteiger partial charge < -0.3 is 9.64 Å². The highest BCUT2D eigenvalue weighted by atomic mass is 35.5. The van der Waals surface area contributed by atoms with Crippen LogP contribution in [0.2, 0.25) is 5.15 Å². The van der Waals surface area contributed by atoms with Gasteiger partial charge in [-0.1, -0.05) is 11.6 Å². The molecule has 1 aromatic rings. The van der Waals surface area contributed by atoms with Crippen molar-refractivity contribution in [2.45, 2.75) is 6.92 Å². The molecule has 92 valence electrons. The standard InChI is InChI=1S/C11H13ClN2O3/c1-7-4-8(5-9(12)13-7)11(16)14(2)6-10(15)17-3/h4-5H,6H2,1-3H3. The van der Waals surface area contributed by atoms with Crippen molar-refractivity contribution in [3.8, 4) is 0 Å². The number of carbonyl (C=O) groups excluding carboxylic acids is 2. The topological polar surface area (TPSA) is 59.5 Å². The Hall–Kier alpha value is -1.62. The number of esters is 1. The molecule has 1 heterocycles. The van der Waals surface area contributed by atoms with Gasteiger partial charge in [-0.25, -0.2) is 4.98 Å². The first-order chi connectivity index (χ1) is 7.93. The van der Waals surface area contributed by atoms with Crippen LogP contribution in [0.1, 0.15) is 16.1 Å². The van der Waals surface area contributed by atoms with Crippen molar-refractivity contribution >= 4 is 23.5 Å². The minimum atomic E-state index is -0.474. The van der Waals surface area contributed by atoms with E-state index in [9.17, 15) is 9.59 Å². The lowest BCUT2D eigenvalue weighted by Crippen LogP contribution is -2.32. The third-order valence-electron chi connectivity index (χ3n) is 2.11. The van der Waals surface area contributed by atoms with Crippen LogP contribution >= 0.6 is 11.6 Å². The number of methoxy groups -OCH3 is 1. The van der Waals surface area contributed by atoms with Gasteiger partial charge >= 0.3 is 5.97 Å². The smallest absolute Gasteiger partial charge is 0.325 e. The van der Waals surface area contributed by atoms with Crippen LogP contribution in [0.5, 0.6) is 0 Å². The summed E-state index contributed by atoms with van der Waals surface area (Å²) in [4.78, 5) is 28.2. The molecular weight excluding hydrogens is 244 g/mol. The number of aromatic nitrogens is 1. The number of amides is 1. The van der Waals surface area contributed by atoms with Crippen LogP contribution in [-0.4, -0.2) is 42.5 Å². The zero-order valence-electron chi connectivity index (χ0n) is 9.86. The Morgan fingerprint density at radius 1 is 1.47 bits per heavy atom. The summed E-state index contributed by atoms with van der Waals surface area (Å²) in [7, 11) is 2.79.